The van der Waals surface area contributed by atoms with Gasteiger partial charge in [0.25, 0.3) is 0 Å². The molecule has 0 aliphatic rings. The van der Waals surface area contributed by atoms with Crippen molar-refractivity contribution in [3.05, 3.63) is 53.9 Å². The van der Waals surface area contributed by atoms with Crippen LogP contribution in [0.25, 0.3) is 0 Å². The van der Waals surface area contributed by atoms with Crippen molar-refractivity contribution < 1.29 is 13.2 Å². The van der Waals surface area contributed by atoms with E-state index in [0.29, 0.717) is 5.56 Å². The van der Waals surface area contributed by atoms with Crippen molar-refractivity contribution >= 4 is 0 Å². The molecule has 1 heterocycles. The Hall–Kier alpha value is -1.58. The lowest BCUT2D eigenvalue weighted by Crippen LogP contribution is -2.04. The third kappa shape index (κ3) is 3.97. The summed E-state index contributed by atoms with van der Waals surface area (Å²) in [6.45, 7) is 1.61. The summed E-state index contributed by atoms with van der Waals surface area (Å²) in [5.41, 5.74) is -0.225. The van der Waals surface area contributed by atoms with E-state index in [1.165, 1.54) is 6.20 Å². The zero-order valence-corrected chi connectivity index (χ0v) is 8.12. The van der Waals surface area contributed by atoms with Crippen molar-refractivity contribution in [3.8, 4) is 0 Å². The van der Waals surface area contributed by atoms with Crippen molar-refractivity contribution in [2.24, 2.45) is 0 Å². The summed E-state index contributed by atoms with van der Waals surface area (Å²) < 4.78 is 37.3. The smallest absolute Gasteiger partial charge is 0.264 e. The summed E-state index contributed by atoms with van der Waals surface area (Å²) in [4.78, 5) is 3.54. The number of nitrogens with zero attached hydrogens (tertiary/aromatic N) is 1. The van der Waals surface area contributed by atoms with E-state index in [9.17, 15) is 13.2 Å². The Labute approximate surface area is 85.9 Å². The lowest BCUT2D eigenvalue weighted by atomic mass is 10.2. The number of rotatable bonds is 0. The van der Waals surface area contributed by atoms with Crippen LogP contribution >= 0.6 is 0 Å². The molecule has 1 nitrogen and oxygen atoms in total. The minimum Gasteiger partial charge on any atom is -0.264 e. The summed E-state index contributed by atoms with van der Waals surface area (Å²) in [5.74, 6) is 0. The van der Waals surface area contributed by atoms with Gasteiger partial charge in [-0.25, -0.2) is 0 Å². The van der Waals surface area contributed by atoms with Gasteiger partial charge in [0.2, 0.25) is 0 Å². The topological polar surface area (TPSA) is 12.9 Å². The van der Waals surface area contributed by atoms with Crippen molar-refractivity contribution in [1.82, 2.24) is 4.98 Å². The monoisotopic (exact) mass is 213 g/mol. The molecule has 0 saturated carbocycles. The fraction of sp³-hybridized carbons (Fsp3) is 0.182. The van der Waals surface area contributed by atoms with Crippen LogP contribution in [0.3, 0.4) is 0 Å². The zero-order valence-electron chi connectivity index (χ0n) is 8.12. The van der Waals surface area contributed by atoms with E-state index in [-0.39, 0.29) is 0 Å². The van der Waals surface area contributed by atoms with Gasteiger partial charge in [-0.15, -0.1) is 0 Å². The Morgan fingerprint density at radius 2 is 1.87 bits per heavy atom. The Bertz CT molecular complexity index is 384. The molecule has 0 amide bonds. The van der Waals surface area contributed by atoms with E-state index in [0.717, 1.165) is 12.3 Å². The molecule has 0 aliphatic heterocycles. The standard InChI is InChI=1S/C11H10F3N/c1-9-5-3-2-4-6-15-8-10(7-9)11(12,13)14/h2-8H,1H3. The van der Waals surface area contributed by atoms with Gasteiger partial charge in [0.05, 0.1) is 5.56 Å². The molecule has 4 heteroatoms. The van der Waals surface area contributed by atoms with Crippen LogP contribution < -0.4 is 0 Å². The highest BCUT2D eigenvalue weighted by Gasteiger charge is 2.30. The van der Waals surface area contributed by atoms with Gasteiger partial charge in [0, 0.05) is 12.4 Å². The minimum atomic E-state index is -4.37. The largest absolute Gasteiger partial charge is 0.417 e. The number of hydrogen-bond acceptors (Lipinski definition) is 1. The quantitative estimate of drug-likeness (QED) is 0.642. The number of alkyl halides is 3. The fourth-order valence-electron chi connectivity index (χ4n) is 0.980. The average Bonchev–Trinajstić information content (AvgIpc) is 2.13. The summed E-state index contributed by atoms with van der Waals surface area (Å²) in [6.07, 6.45) is -2.24. The molecule has 0 aliphatic carbocycles. The summed E-state index contributed by atoms with van der Waals surface area (Å²) >= 11 is 0. The Morgan fingerprint density at radius 3 is 2.53 bits per heavy atom. The molecule has 1 aromatic heterocycles. The average molecular weight is 213 g/mol. The lowest BCUT2D eigenvalue weighted by Gasteiger charge is -2.03. The highest BCUT2D eigenvalue weighted by molar-refractivity contribution is 5.18. The van der Waals surface area contributed by atoms with E-state index >= 15 is 0 Å². The molecule has 0 spiro atoms. The molecule has 0 unspecified atom stereocenters. The molecule has 15 heavy (non-hydrogen) atoms. The van der Waals surface area contributed by atoms with E-state index in [1.54, 1.807) is 31.2 Å². The maximum atomic E-state index is 12.4. The molecule has 0 atom stereocenters. The van der Waals surface area contributed by atoms with Gasteiger partial charge < -0.3 is 0 Å². The molecule has 0 bridgehead atoms. The van der Waals surface area contributed by atoms with E-state index in [4.69, 9.17) is 0 Å². The molecule has 0 fully saturated rings. The maximum absolute atomic E-state index is 12.4. The highest BCUT2D eigenvalue weighted by atomic mass is 19.4. The second-order valence-electron chi connectivity index (χ2n) is 3.01. The predicted molar refractivity (Wildman–Crippen MR) is 51.6 cm³/mol. The first-order valence-electron chi connectivity index (χ1n) is 4.32. The first-order valence-corrected chi connectivity index (χ1v) is 4.32. The van der Waals surface area contributed by atoms with Gasteiger partial charge in [-0.05, 0) is 19.1 Å². The van der Waals surface area contributed by atoms with Crippen LogP contribution in [0.1, 0.15) is 11.1 Å². The molecule has 1 rings (SSSR count). The predicted octanol–water partition coefficient (Wildman–Crippen LogP) is 3.53. The van der Waals surface area contributed by atoms with Gasteiger partial charge in [0.1, 0.15) is 0 Å². The van der Waals surface area contributed by atoms with Crippen LogP contribution in [0, 0.1) is 6.92 Å². The number of halogens is 3. The molecule has 0 saturated heterocycles. The highest BCUT2D eigenvalue weighted by Crippen LogP contribution is 2.27. The van der Waals surface area contributed by atoms with E-state index in [2.05, 4.69) is 4.98 Å². The van der Waals surface area contributed by atoms with E-state index < -0.39 is 11.7 Å². The first kappa shape index (κ1) is 11.5. The Kier molecular flexibility index (Phi) is 3.66. The van der Waals surface area contributed by atoms with Crippen LogP contribution in [-0.4, -0.2) is 4.98 Å². The maximum Gasteiger partial charge on any atom is 0.417 e. The molecule has 0 aromatic carbocycles. The Morgan fingerprint density at radius 1 is 1.13 bits per heavy atom. The van der Waals surface area contributed by atoms with Crippen molar-refractivity contribution in [2.75, 3.05) is 0 Å². The molecular weight excluding hydrogens is 203 g/mol. The number of hydrogen-bond donors (Lipinski definition) is 0. The summed E-state index contributed by atoms with van der Waals surface area (Å²) in [7, 11) is 0. The van der Waals surface area contributed by atoms with Crippen LogP contribution in [0.2, 0.25) is 0 Å². The van der Waals surface area contributed by atoms with Gasteiger partial charge in [0.15, 0.2) is 0 Å². The molecule has 80 valence electrons. The van der Waals surface area contributed by atoms with Crippen LogP contribution in [0.4, 0.5) is 13.2 Å². The lowest BCUT2D eigenvalue weighted by molar-refractivity contribution is -0.137. The van der Waals surface area contributed by atoms with Crippen LogP contribution in [-0.2, 0) is 6.18 Å². The summed E-state index contributed by atoms with van der Waals surface area (Å²) in [6, 6.07) is 7.60. The molecular formula is C11H10F3N. The second kappa shape index (κ2) is 4.77. The van der Waals surface area contributed by atoms with Crippen molar-refractivity contribution in [1.29, 1.82) is 0 Å². The van der Waals surface area contributed by atoms with Crippen LogP contribution in [0.15, 0.2) is 42.7 Å². The Balaban J connectivity index is 3.35. The van der Waals surface area contributed by atoms with Gasteiger partial charge >= 0.3 is 6.18 Å². The number of aryl methyl sites for hydroxylation is 1. The number of aromatic nitrogens is 1. The third-order valence-corrected chi connectivity index (χ3v) is 1.68. The minimum absolute atomic E-state index is 0.528. The molecule has 0 radical (unpaired) electrons. The molecule has 1 aromatic rings. The SMILES string of the molecule is Cc1cccccncc(C(F)(F)F)c1. The van der Waals surface area contributed by atoms with Crippen molar-refractivity contribution in [2.45, 2.75) is 13.1 Å². The zero-order chi connectivity index (χ0) is 11.3. The van der Waals surface area contributed by atoms with Gasteiger partial charge in [-0.3, -0.25) is 4.98 Å². The van der Waals surface area contributed by atoms with Gasteiger partial charge in [-0.2, -0.15) is 13.2 Å². The third-order valence-electron chi connectivity index (χ3n) is 1.68. The van der Waals surface area contributed by atoms with Gasteiger partial charge in [-0.1, -0.05) is 23.8 Å². The normalized spacial score (nSPS) is 10.7. The van der Waals surface area contributed by atoms with Crippen LogP contribution in [0.5, 0.6) is 0 Å². The second-order valence-corrected chi connectivity index (χ2v) is 3.01. The van der Waals surface area contributed by atoms with E-state index in [1.807, 2.05) is 0 Å². The first-order chi connectivity index (χ1) is 7.00. The summed E-state index contributed by atoms with van der Waals surface area (Å²) in [5, 5.41) is 0. The molecule has 0 N–H and O–H groups in total. The van der Waals surface area contributed by atoms with Crippen molar-refractivity contribution in [3.63, 3.8) is 0 Å². The fourth-order valence-corrected chi connectivity index (χ4v) is 0.980.